The summed E-state index contributed by atoms with van der Waals surface area (Å²) in [4.78, 5) is 27.9. The van der Waals surface area contributed by atoms with Crippen molar-refractivity contribution in [1.29, 1.82) is 0 Å². The fourth-order valence-electron chi connectivity index (χ4n) is 1.93. The third-order valence-corrected chi connectivity index (χ3v) is 2.89. The Bertz CT molecular complexity index is 567. The van der Waals surface area contributed by atoms with Gasteiger partial charge in [-0.2, -0.15) is 0 Å². The van der Waals surface area contributed by atoms with Crippen LogP contribution in [-0.4, -0.2) is 47.9 Å². The van der Waals surface area contributed by atoms with Crippen molar-refractivity contribution >= 4 is 17.5 Å². The van der Waals surface area contributed by atoms with Gasteiger partial charge in [-0.3, -0.25) is 10.1 Å². The summed E-state index contributed by atoms with van der Waals surface area (Å²) in [5.41, 5.74) is 0.476. The maximum atomic E-state index is 11.0. The van der Waals surface area contributed by atoms with Crippen LogP contribution < -0.4 is 0 Å². The molecule has 0 amide bonds. The summed E-state index contributed by atoms with van der Waals surface area (Å²) in [7, 11) is 0. The normalized spacial score (nSPS) is 15.7. The maximum Gasteiger partial charge on any atom is 0.332 e. The van der Waals surface area contributed by atoms with E-state index in [-0.39, 0.29) is 5.69 Å². The molecule has 0 unspecified atom stereocenters. The van der Waals surface area contributed by atoms with Crippen molar-refractivity contribution in [3.8, 4) is 0 Å². The van der Waals surface area contributed by atoms with Gasteiger partial charge in [0.25, 0.3) is 5.69 Å². The van der Waals surface area contributed by atoms with E-state index in [2.05, 4.69) is 5.16 Å². The Morgan fingerprint density at radius 3 is 2.76 bits per heavy atom. The van der Waals surface area contributed by atoms with Crippen molar-refractivity contribution in [2.75, 3.05) is 26.3 Å². The fraction of sp³-hybridized carbons (Fsp3) is 0.385. The number of ether oxygens (including phenoxy) is 1. The van der Waals surface area contributed by atoms with Gasteiger partial charge < -0.3 is 14.5 Å². The van der Waals surface area contributed by atoms with E-state index < -0.39 is 10.9 Å². The van der Waals surface area contributed by atoms with Crippen molar-refractivity contribution in [2.24, 2.45) is 5.16 Å². The molecule has 0 aromatic heterocycles. The first-order valence-electron chi connectivity index (χ1n) is 6.41. The highest BCUT2D eigenvalue weighted by atomic mass is 16.7. The zero-order valence-electron chi connectivity index (χ0n) is 11.5. The number of non-ortho nitro benzene ring substituents is 1. The Morgan fingerprint density at radius 2 is 2.14 bits per heavy atom. The summed E-state index contributed by atoms with van der Waals surface area (Å²) in [6.45, 7) is 3.43. The van der Waals surface area contributed by atoms with Crippen LogP contribution in [0.15, 0.2) is 29.4 Å². The molecule has 0 N–H and O–H groups in total. The van der Waals surface area contributed by atoms with Gasteiger partial charge >= 0.3 is 5.97 Å². The second-order valence-corrected chi connectivity index (χ2v) is 4.40. The number of morpholine rings is 1. The predicted octanol–water partition coefficient (Wildman–Crippen LogP) is 1.15. The smallest absolute Gasteiger partial charge is 0.332 e. The van der Waals surface area contributed by atoms with Gasteiger partial charge in [-0.1, -0.05) is 17.3 Å². The Balaban J connectivity index is 2.33. The molecule has 1 aliphatic rings. The number of nitrogens with zero attached hydrogens (tertiary/aromatic N) is 3. The van der Waals surface area contributed by atoms with Crippen LogP contribution in [0.25, 0.3) is 0 Å². The van der Waals surface area contributed by atoms with Gasteiger partial charge in [0.1, 0.15) is 0 Å². The van der Waals surface area contributed by atoms with Gasteiger partial charge in [-0.15, -0.1) is 0 Å². The summed E-state index contributed by atoms with van der Waals surface area (Å²) < 4.78 is 5.26. The molecule has 0 spiro atoms. The average molecular weight is 293 g/mol. The second-order valence-electron chi connectivity index (χ2n) is 4.40. The van der Waals surface area contributed by atoms with E-state index in [0.717, 1.165) is 0 Å². The van der Waals surface area contributed by atoms with Crippen molar-refractivity contribution in [3.63, 3.8) is 0 Å². The van der Waals surface area contributed by atoms with Gasteiger partial charge in [0.15, 0.2) is 5.84 Å². The maximum absolute atomic E-state index is 11.0. The summed E-state index contributed by atoms with van der Waals surface area (Å²) in [6.07, 6.45) is 0. The summed E-state index contributed by atoms with van der Waals surface area (Å²) in [5, 5.41) is 14.7. The molecule has 1 aliphatic heterocycles. The van der Waals surface area contributed by atoms with E-state index in [1.165, 1.54) is 19.1 Å². The molecule has 1 aromatic carbocycles. The van der Waals surface area contributed by atoms with Crippen molar-refractivity contribution < 1.29 is 19.3 Å². The lowest BCUT2D eigenvalue weighted by Gasteiger charge is -2.29. The summed E-state index contributed by atoms with van der Waals surface area (Å²) >= 11 is 0. The van der Waals surface area contributed by atoms with Crippen LogP contribution in [0.4, 0.5) is 5.69 Å². The lowest BCUT2D eigenvalue weighted by molar-refractivity contribution is -0.384. The van der Waals surface area contributed by atoms with Crippen molar-refractivity contribution in [1.82, 2.24) is 4.90 Å². The van der Waals surface area contributed by atoms with Crippen LogP contribution >= 0.6 is 0 Å². The van der Waals surface area contributed by atoms with E-state index in [1.54, 1.807) is 12.1 Å². The fourth-order valence-corrected chi connectivity index (χ4v) is 1.93. The van der Waals surface area contributed by atoms with Crippen LogP contribution in [0, 0.1) is 10.1 Å². The van der Waals surface area contributed by atoms with Gasteiger partial charge in [0.2, 0.25) is 0 Å². The molecule has 1 saturated heterocycles. The molecule has 2 rings (SSSR count). The molecule has 8 heteroatoms. The van der Waals surface area contributed by atoms with Crippen molar-refractivity contribution in [2.45, 2.75) is 6.92 Å². The first kappa shape index (κ1) is 14.9. The number of hydrogen-bond acceptors (Lipinski definition) is 6. The van der Waals surface area contributed by atoms with E-state index in [1.807, 2.05) is 4.90 Å². The van der Waals surface area contributed by atoms with Gasteiger partial charge in [0.05, 0.1) is 18.1 Å². The van der Waals surface area contributed by atoms with Crippen LogP contribution in [0.3, 0.4) is 0 Å². The summed E-state index contributed by atoms with van der Waals surface area (Å²) in [6, 6.07) is 6.05. The minimum atomic E-state index is -0.550. The molecule has 112 valence electrons. The van der Waals surface area contributed by atoms with Gasteiger partial charge in [-0.05, 0) is 0 Å². The molecular weight excluding hydrogens is 278 g/mol. The molecule has 21 heavy (non-hydrogen) atoms. The Kier molecular flexibility index (Phi) is 4.83. The first-order valence-corrected chi connectivity index (χ1v) is 6.41. The average Bonchev–Trinajstić information content (AvgIpc) is 2.48. The quantitative estimate of drug-likeness (QED) is 0.273. The number of carbonyl (C=O) groups excluding carboxylic acids is 1. The standard InChI is InChI=1S/C13H15N3O5/c1-10(17)21-14-13(15-5-7-20-8-6-15)11-3-2-4-12(9-11)16(18)19/h2-4,9H,5-8H2,1H3. The largest absolute Gasteiger partial charge is 0.378 e. The number of hydrogen-bond donors (Lipinski definition) is 0. The number of benzene rings is 1. The third-order valence-electron chi connectivity index (χ3n) is 2.89. The number of nitro groups is 1. The molecule has 0 aliphatic carbocycles. The predicted molar refractivity (Wildman–Crippen MR) is 73.8 cm³/mol. The molecule has 0 saturated carbocycles. The van der Waals surface area contributed by atoms with Gasteiger partial charge in [0, 0.05) is 37.7 Å². The Hall–Kier alpha value is -2.48. The van der Waals surface area contributed by atoms with Crippen LogP contribution in [-0.2, 0) is 14.4 Å². The Morgan fingerprint density at radius 1 is 1.43 bits per heavy atom. The van der Waals surface area contributed by atoms with E-state index in [0.29, 0.717) is 37.7 Å². The zero-order valence-corrected chi connectivity index (χ0v) is 11.5. The van der Waals surface area contributed by atoms with E-state index in [9.17, 15) is 14.9 Å². The Labute approximate surface area is 121 Å². The lowest BCUT2D eigenvalue weighted by Crippen LogP contribution is -2.41. The van der Waals surface area contributed by atoms with Crippen LogP contribution in [0.5, 0.6) is 0 Å². The minimum absolute atomic E-state index is 0.0451. The van der Waals surface area contributed by atoms with Gasteiger partial charge in [-0.25, -0.2) is 4.79 Å². The molecule has 1 heterocycles. The first-order chi connectivity index (χ1) is 10.1. The molecule has 0 radical (unpaired) electrons. The molecule has 8 nitrogen and oxygen atoms in total. The zero-order chi connectivity index (χ0) is 15.2. The topological polar surface area (TPSA) is 94.3 Å². The number of oxime groups is 1. The number of carbonyl (C=O) groups is 1. The second kappa shape index (κ2) is 6.80. The number of amidine groups is 1. The summed E-state index contributed by atoms with van der Waals surface area (Å²) in [5.74, 6) is -0.164. The SMILES string of the molecule is CC(=O)ON=C(c1cccc([N+](=O)[O-])c1)N1CCOCC1. The molecule has 0 atom stereocenters. The van der Waals surface area contributed by atoms with E-state index in [4.69, 9.17) is 9.57 Å². The van der Waals surface area contributed by atoms with E-state index >= 15 is 0 Å². The van der Waals surface area contributed by atoms with Crippen LogP contribution in [0.1, 0.15) is 12.5 Å². The molecule has 1 fully saturated rings. The highest BCUT2D eigenvalue weighted by molar-refractivity contribution is 5.99. The van der Waals surface area contributed by atoms with Crippen molar-refractivity contribution in [3.05, 3.63) is 39.9 Å². The monoisotopic (exact) mass is 293 g/mol. The third kappa shape index (κ3) is 3.99. The van der Waals surface area contributed by atoms with Crippen LogP contribution in [0.2, 0.25) is 0 Å². The molecule has 1 aromatic rings. The minimum Gasteiger partial charge on any atom is -0.378 e. The number of rotatable bonds is 3. The highest BCUT2D eigenvalue weighted by Gasteiger charge is 2.20. The number of nitro benzene ring substituents is 1. The molecular formula is C13H15N3O5. The molecule has 0 bridgehead atoms. The highest BCUT2D eigenvalue weighted by Crippen LogP contribution is 2.16. The lowest BCUT2D eigenvalue weighted by atomic mass is 10.1.